The Hall–Kier alpha value is -2.90. The fraction of sp³-hybridized carbons (Fsp3) is 0.154. The number of carboxylic acids is 1. The first-order chi connectivity index (χ1) is 10.0. The summed E-state index contributed by atoms with van der Waals surface area (Å²) < 4.78 is 14.3. The van der Waals surface area contributed by atoms with Gasteiger partial charge >= 0.3 is 12.0 Å². The van der Waals surface area contributed by atoms with Gasteiger partial charge in [-0.15, -0.1) is 0 Å². The molecule has 0 saturated carbocycles. The summed E-state index contributed by atoms with van der Waals surface area (Å²) >= 11 is 0. The molecule has 1 heterocycles. The first-order valence-corrected chi connectivity index (χ1v) is 6.10. The Balaban J connectivity index is 1.76. The number of anilines is 1. The van der Waals surface area contributed by atoms with Crippen LogP contribution in [0.15, 0.2) is 36.8 Å². The Morgan fingerprint density at radius 3 is 2.62 bits per heavy atom. The SMILES string of the molecule is O=C(NCCn1cnc(C(=O)O)c1)Nc1ccc(F)cc1. The molecular weight excluding hydrogens is 279 g/mol. The lowest BCUT2D eigenvalue weighted by Crippen LogP contribution is -2.31. The molecule has 0 aliphatic rings. The minimum atomic E-state index is -1.10. The quantitative estimate of drug-likeness (QED) is 0.779. The fourth-order valence-electron chi connectivity index (χ4n) is 1.60. The summed E-state index contributed by atoms with van der Waals surface area (Å²) in [6.07, 6.45) is 2.75. The number of hydrogen-bond donors (Lipinski definition) is 3. The molecule has 0 saturated heterocycles. The molecule has 2 aromatic rings. The second kappa shape index (κ2) is 6.51. The van der Waals surface area contributed by atoms with E-state index in [-0.39, 0.29) is 11.5 Å². The zero-order valence-electron chi connectivity index (χ0n) is 10.9. The summed E-state index contributed by atoms with van der Waals surface area (Å²) in [4.78, 5) is 25.9. The number of carbonyl (C=O) groups excluding carboxylic acids is 1. The van der Waals surface area contributed by atoms with Gasteiger partial charge < -0.3 is 20.3 Å². The number of urea groups is 1. The molecule has 1 aromatic heterocycles. The number of hydrogen-bond acceptors (Lipinski definition) is 3. The van der Waals surface area contributed by atoms with Crippen LogP contribution in [0.1, 0.15) is 10.5 Å². The maximum atomic E-state index is 12.7. The Labute approximate surface area is 119 Å². The number of carboxylic acid groups (broad SMARTS) is 1. The van der Waals surface area contributed by atoms with Crippen LogP contribution in [0.5, 0.6) is 0 Å². The molecule has 0 atom stereocenters. The van der Waals surface area contributed by atoms with Gasteiger partial charge in [-0.1, -0.05) is 0 Å². The molecular formula is C13H13FN4O3. The van der Waals surface area contributed by atoms with Gasteiger partial charge in [0.15, 0.2) is 5.69 Å². The van der Waals surface area contributed by atoms with Crippen molar-refractivity contribution in [1.82, 2.24) is 14.9 Å². The van der Waals surface area contributed by atoms with E-state index >= 15 is 0 Å². The monoisotopic (exact) mass is 292 g/mol. The Bertz CT molecular complexity index is 639. The number of nitrogens with one attached hydrogen (secondary N) is 2. The maximum absolute atomic E-state index is 12.7. The highest BCUT2D eigenvalue weighted by atomic mass is 19.1. The van der Waals surface area contributed by atoms with Gasteiger partial charge in [0, 0.05) is 25.0 Å². The molecule has 0 fully saturated rings. The van der Waals surface area contributed by atoms with Crippen LogP contribution in [0.3, 0.4) is 0 Å². The summed E-state index contributed by atoms with van der Waals surface area (Å²) in [5, 5.41) is 13.8. The minimum Gasteiger partial charge on any atom is -0.476 e. The highest BCUT2D eigenvalue weighted by molar-refractivity contribution is 5.89. The van der Waals surface area contributed by atoms with Crippen LogP contribution in [-0.4, -0.2) is 33.2 Å². The number of nitrogens with zero attached hydrogens (tertiary/aromatic N) is 2. The van der Waals surface area contributed by atoms with Crippen LogP contribution in [0.2, 0.25) is 0 Å². The largest absolute Gasteiger partial charge is 0.476 e. The average Bonchev–Trinajstić information content (AvgIpc) is 2.90. The normalized spacial score (nSPS) is 10.1. The zero-order chi connectivity index (χ0) is 15.2. The first-order valence-electron chi connectivity index (χ1n) is 6.10. The molecule has 2 rings (SSSR count). The number of amides is 2. The standard InChI is InChI=1S/C13H13FN4O3/c14-9-1-3-10(4-2-9)17-13(21)15-5-6-18-7-11(12(19)20)16-8-18/h1-4,7-8H,5-6H2,(H,19,20)(H2,15,17,21). The highest BCUT2D eigenvalue weighted by Gasteiger charge is 2.06. The molecule has 0 spiro atoms. The van der Waals surface area contributed by atoms with Crippen molar-refractivity contribution in [3.8, 4) is 0 Å². The van der Waals surface area contributed by atoms with E-state index in [1.807, 2.05) is 0 Å². The van der Waals surface area contributed by atoms with Crippen LogP contribution >= 0.6 is 0 Å². The molecule has 8 heteroatoms. The molecule has 0 aliphatic heterocycles. The number of rotatable bonds is 5. The molecule has 2 amide bonds. The van der Waals surface area contributed by atoms with Crippen LogP contribution < -0.4 is 10.6 Å². The molecule has 3 N–H and O–H groups in total. The van der Waals surface area contributed by atoms with Crippen molar-refractivity contribution in [3.05, 3.63) is 48.3 Å². The lowest BCUT2D eigenvalue weighted by Gasteiger charge is -2.07. The van der Waals surface area contributed by atoms with Crippen molar-refractivity contribution in [2.24, 2.45) is 0 Å². The van der Waals surface area contributed by atoms with E-state index in [2.05, 4.69) is 15.6 Å². The predicted molar refractivity (Wildman–Crippen MR) is 72.6 cm³/mol. The first kappa shape index (κ1) is 14.5. The van der Waals surface area contributed by atoms with E-state index in [0.717, 1.165) is 0 Å². The van der Waals surface area contributed by atoms with E-state index in [9.17, 15) is 14.0 Å². The van der Waals surface area contributed by atoms with Crippen molar-refractivity contribution in [2.75, 3.05) is 11.9 Å². The summed E-state index contributed by atoms with van der Waals surface area (Å²) in [5.74, 6) is -1.48. The van der Waals surface area contributed by atoms with Gasteiger partial charge in [0.1, 0.15) is 5.82 Å². The van der Waals surface area contributed by atoms with Crippen LogP contribution in [-0.2, 0) is 6.54 Å². The molecule has 110 valence electrons. The molecule has 0 aliphatic carbocycles. The van der Waals surface area contributed by atoms with Crippen molar-refractivity contribution < 1.29 is 19.1 Å². The lowest BCUT2D eigenvalue weighted by molar-refractivity contribution is 0.0691. The highest BCUT2D eigenvalue weighted by Crippen LogP contribution is 2.07. The van der Waals surface area contributed by atoms with Gasteiger partial charge in [-0.25, -0.2) is 19.0 Å². The molecule has 7 nitrogen and oxygen atoms in total. The Morgan fingerprint density at radius 2 is 2.00 bits per heavy atom. The third kappa shape index (κ3) is 4.30. The van der Waals surface area contributed by atoms with Gasteiger partial charge in [0.05, 0.1) is 6.33 Å². The lowest BCUT2D eigenvalue weighted by atomic mass is 10.3. The van der Waals surface area contributed by atoms with Gasteiger partial charge in [-0.2, -0.15) is 0 Å². The smallest absolute Gasteiger partial charge is 0.356 e. The summed E-state index contributed by atoms with van der Waals surface area (Å²) in [6.45, 7) is 0.680. The van der Waals surface area contributed by atoms with Crippen molar-refractivity contribution in [1.29, 1.82) is 0 Å². The third-order valence-corrected chi connectivity index (χ3v) is 2.61. The van der Waals surface area contributed by atoms with E-state index < -0.39 is 12.0 Å². The average molecular weight is 292 g/mol. The van der Waals surface area contributed by atoms with Crippen molar-refractivity contribution in [3.63, 3.8) is 0 Å². The number of benzene rings is 1. The maximum Gasteiger partial charge on any atom is 0.356 e. The topological polar surface area (TPSA) is 96.2 Å². The van der Waals surface area contributed by atoms with Crippen molar-refractivity contribution in [2.45, 2.75) is 6.54 Å². The fourth-order valence-corrected chi connectivity index (χ4v) is 1.60. The van der Waals surface area contributed by atoms with E-state index in [1.165, 1.54) is 36.8 Å². The second-order valence-electron chi connectivity index (χ2n) is 4.19. The Morgan fingerprint density at radius 1 is 1.29 bits per heavy atom. The summed E-state index contributed by atoms with van der Waals surface area (Å²) in [5.41, 5.74) is 0.426. The van der Waals surface area contributed by atoms with E-state index in [0.29, 0.717) is 18.8 Å². The van der Waals surface area contributed by atoms with Crippen molar-refractivity contribution >= 4 is 17.7 Å². The van der Waals surface area contributed by atoms with Gasteiger partial charge in [0.25, 0.3) is 0 Å². The molecule has 21 heavy (non-hydrogen) atoms. The van der Waals surface area contributed by atoms with Gasteiger partial charge in [0.2, 0.25) is 0 Å². The summed E-state index contributed by atoms with van der Waals surface area (Å²) in [6, 6.07) is 4.96. The number of aromatic carboxylic acids is 1. The third-order valence-electron chi connectivity index (χ3n) is 2.61. The number of halogens is 1. The molecule has 0 unspecified atom stereocenters. The van der Waals surface area contributed by atoms with E-state index in [4.69, 9.17) is 5.11 Å². The van der Waals surface area contributed by atoms with Gasteiger partial charge in [-0.3, -0.25) is 0 Å². The second-order valence-corrected chi connectivity index (χ2v) is 4.19. The van der Waals surface area contributed by atoms with Crippen LogP contribution in [0.25, 0.3) is 0 Å². The molecule has 0 radical (unpaired) electrons. The predicted octanol–water partition coefficient (Wildman–Crippen LogP) is 1.54. The van der Waals surface area contributed by atoms with Crippen LogP contribution in [0.4, 0.5) is 14.9 Å². The number of aromatic nitrogens is 2. The van der Waals surface area contributed by atoms with Crippen LogP contribution in [0, 0.1) is 5.82 Å². The minimum absolute atomic E-state index is 0.0502. The summed E-state index contributed by atoms with van der Waals surface area (Å²) in [7, 11) is 0. The molecule has 1 aromatic carbocycles. The van der Waals surface area contributed by atoms with E-state index in [1.54, 1.807) is 4.57 Å². The number of imidazole rings is 1. The van der Waals surface area contributed by atoms with Gasteiger partial charge in [-0.05, 0) is 24.3 Å². The number of carbonyl (C=O) groups is 2. The Kier molecular flexibility index (Phi) is 4.50. The molecule has 0 bridgehead atoms. The zero-order valence-corrected chi connectivity index (χ0v) is 10.9.